The molecule has 108 valence electrons. The molecule has 1 unspecified atom stereocenters. The molecule has 3 nitrogen and oxygen atoms in total. The monoisotopic (exact) mass is 315 g/mol. The van der Waals surface area contributed by atoms with Gasteiger partial charge < -0.3 is 5.73 Å². The highest BCUT2D eigenvalue weighted by Crippen LogP contribution is 2.43. The summed E-state index contributed by atoms with van der Waals surface area (Å²) in [6.07, 6.45) is 3.97. The average molecular weight is 315 g/mol. The molecule has 1 aliphatic carbocycles. The molecule has 0 saturated heterocycles. The number of thiazole rings is 1. The van der Waals surface area contributed by atoms with E-state index >= 15 is 0 Å². The standard InChI is InChI=1S/C16H17N3S2/c1-16(2)6-10(17)14-12(7-16)19-15(21-14)9-5-13-11(18-8-9)3-4-20-13/h3-5,8,10H,6-7,17H2,1-2H3. The Hall–Kier alpha value is -1.30. The molecule has 0 bridgehead atoms. The van der Waals surface area contributed by atoms with Crippen LogP contribution < -0.4 is 5.73 Å². The van der Waals surface area contributed by atoms with Crippen molar-refractivity contribution < 1.29 is 0 Å². The lowest BCUT2D eigenvalue weighted by Crippen LogP contribution is -2.28. The van der Waals surface area contributed by atoms with Gasteiger partial charge in [0.1, 0.15) is 5.01 Å². The van der Waals surface area contributed by atoms with E-state index in [4.69, 9.17) is 10.7 Å². The molecular weight excluding hydrogens is 298 g/mol. The highest BCUT2D eigenvalue weighted by Gasteiger charge is 2.33. The van der Waals surface area contributed by atoms with Crippen molar-refractivity contribution in [3.63, 3.8) is 0 Å². The van der Waals surface area contributed by atoms with E-state index in [9.17, 15) is 0 Å². The van der Waals surface area contributed by atoms with Gasteiger partial charge in [-0.1, -0.05) is 13.8 Å². The second-order valence-corrected chi connectivity index (χ2v) is 8.49. The third-order valence-corrected chi connectivity index (χ3v) is 6.16. The zero-order valence-electron chi connectivity index (χ0n) is 12.1. The van der Waals surface area contributed by atoms with Gasteiger partial charge in [0, 0.05) is 22.7 Å². The molecule has 1 aliphatic rings. The van der Waals surface area contributed by atoms with Gasteiger partial charge in [-0.2, -0.15) is 0 Å². The lowest BCUT2D eigenvalue weighted by Gasteiger charge is -2.32. The van der Waals surface area contributed by atoms with Crippen molar-refractivity contribution in [3.05, 3.63) is 34.3 Å². The first kappa shape index (κ1) is 13.4. The Kier molecular flexibility index (Phi) is 2.93. The van der Waals surface area contributed by atoms with E-state index in [1.807, 2.05) is 6.20 Å². The summed E-state index contributed by atoms with van der Waals surface area (Å²) in [4.78, 5) is 10.6. The third kappa shape index (κ3) is 2.29. The molecule has 0 aliphatic heterocycles. The summed E-state index contributed by atoms with van der Waals surface area (Å²) in [5.74, 6) is 0. The summed E-state index contributed by atoms with van der Waals surface area (Å²) in [7, 11) is 0. The van der Waals surface area contributed by atoms with Crippen LogP contribution in [0.3, 0.4) is 0 Å². The van der Waals surface area contributed by atoms with Gasteiger partial charge >= 0.3 is 0 Å². The van der Waals surface area contributed by atoms with Gasteiger partial charge in [-0.05, 0) is 35.8 Å². The summed E-state index contributed by atoms with van der Waals surface area (Å²) in [5.41, 5.74) is 9.94. The Labute approximate surface area is 131 Å². The normalized spacial score (nSPS) is 20.6. The first-order chi connectivity index (χ1) is 10.0. The SMILES string of the molecule is CC1(C)Cc2nc(-c3cnc4ccsc4c3)sc2C(N)C1. The van der Waals surface area contributed by atoms with Gasteiger partial charge in [-0.15, -0.1) is 22.7 Å². The fourth-order valence-corrected chi connectivity index (χ4v) is 4.92. The molecule has 1 atom stereocenters. The number of pyridine rings is 1. The smallest absolute Gasteiger partial charge is 0.125 e. The molecule has 0 amide bonds. The molecular formula is C16H17N3S2. The minimum absolute atomic E-state index is 0.119. The fraction of sp³-hybridized carbons (Fsp3) is 0.375. The van der Waals surface area contributed by atoms with E-state index in [2.05, 4.69) is 36.3 Å². The maximum Gasteiger partial charge on any atom is 0.125 e. The fourth-order valence-electron chi connectivity index (χ4n) is 3.08. The number of nitrogens with two attached hydrogens (primary N) is 1. The Morgan fingerprint density at radius 1 is 1.38 bits per heavy atom. The van der Waals surface area contributed by atoms with Gasteiger partial charge in [-0.3, -0.25) is 4.98 Å². The number of aromatic nitrogens is 2. The summed E-state index contributed by atoms with van der Waals surface area (Å²) < 4.78 is 1.21. The highest BCUT2D eigenvalue weighted by molar-refractivity contribution is 7.17. The van der Waals surface area contributed by atoms with Crippen LogP contribution in [0.1, 0.15) is 36.9 Å². The summed E-state index contributed by atoms with van der Waals surface area (Å²) in [5, 5.41) is 3.13. The number of nitrogens with zero attached hydrogens (tertiary/aromatic N) is 2. The molecule has 3 aromatic rings. The number of thiophene rings is 1. The second kappa shape index (κ2) is 4.60. The van der Waals surface area contributed by atoms with Crippen molar-refractivity contribution in [1.29, 1.82) is 0 Å². The van der Waals surface area contributed by atoms with E-state index < -0.39 is 0 Å². The maximum absolute atomic E-state index is 6.34. The van der Waals surface area contributed by atoms with Crippen LogP contribution in [0.15, 0.2) is 23.7 Å². The van der Waals surface area contributed by atoms with Crippen molar-refractivity contribution in [2.24, 2.45) is 11.1 Å². The molecule has 3 aromatic heterocycles. The molecule has 0 spiro atoms. The van der Waals surface area contributed by atoms with Crippen molar-refractivity contribution in [3.8, 4) is 10.6 Å². The average Bonchev–Trinajstić information content (AvgIpc) is 3.01. The Bertz CT molecular complexity index is 816. The Morgan fingerprint density at radius 3 is 3.10 bits per heavy atom. The van der Waals surface area contributed by atoms with E-state index in [0.29, 0.717) is 0 Å². The molecule has 5 heteroatoms. The third-order valence-electron chi connectivity index (χ3n) is 4.03. The van der Waals surface area contributed by atoms with Crippen molar-refractivity contribution in [1.82, 2.24) is 9.97 Å². The largest absolute Gasteiger partial charge is 0.323 e. The van der Waals surface area contributed by atoms with Crippen LogP contribution in [0.4, 0.5) is 0 Å². The number of fused-ring (bicyclic) bond motifs is 2. The summed E-state index contributed by atoms with van der Waals surface area (Å²) >= 11 is 3.46. The van der Waals surface area contributed by atoms with Gasteiger partial charge in [0.2, 0.25) is 0 Å². The predicted octanol–water partition coefficient (Wildman–Crippen LogP) is 4.39. The summed E-state index contributed by atoms with van der Waals surface area (Å²) in [6, 6.07) is 4.36. The van der Waals surface area contributed by atoms with Crippen LogP contribution in [0.5, 0.6) is 0 Å². The Balaban J connectivity index is 1.80. The molecule has 3 heterocycles. The number of hydrogen-bond acceptors (Lipinski definition) is 5. The van der Waals surface area contributed by atoms with Crippen molar-refractivity contribution in [2.45, 2.75) is 32.7 Å². The van der Waals surface area contributed by atoms with Crippen LogP contribution >= 0.6 is 22.7 Å². The molecule has 0 fully saturated rings. The van der Waals surface area contributed by atoms with E-state index in [0.717, 1.165) is 28.9 Å². The minimum Gasteiger partial charge on any atom is -0.323 e. The van der Waals surface area contributed by atoms with Crippen LogP contribution in [0.2, 0.25) is 0 Å². The van der Waals surface area contributed by atoms with Crippen molar-refractivity contribution >= 4 is 32.9 Å². The Morgan fingerprint density at radius 2 is 2.24 bits per heavy atom. The molecule has 0 aromatic carbocycles. The number of hydrogen-bond donors (Lipinski definition) is 1. The number of rotatable bonds is 1. The van der Waals surface area contributed by atoms with Crippen molar-refractivity contribution in [2.75, 3.05) is 0 Å². The molecule has 0 saturated carbocycles. The first-order valence-electron chi connectivity index (χ1n) is 7.11. The topological polar surface area (TPSA) is 51.8 Å². The van der Waals surface area contributed by atoms with Crippen LogP contribution in [0, 0.1) is 5.41 Å². The molecule has 0 radical (unpaired) electrons. The maximum atomic E-state index is 6.34. The lowest BCUT2D eigenvalue weighted by atomic mass is 9.77. The quantitative estimate of drug-likeness (QED) is 0.724. The molecule has 2 N–H and O–H groups in total. The van der Waals surface area contributed by atoms with E-state index in [-0.39, 0.29) is 11.5 Å². The van der Waals surface area contributed by atoms with Crippen LogP contribution in [-0.4, -0.2) is 9.97 Å². The second-order valence-electron chi connectivity index (χ2n) is 6.51. The van der Waals surface area contributed by atoms with Crippen LogP contribution in [-0.2, 0) is 6.42 Å². The highest BCUT2D eigenvalue weighted by atomic mass is 32.1. The van der Waals surface area contributed by atoms with E-state index in [1.165, 1.54) is 15.3 Å². The predicted molar refractivity (Wildman–Crippen MR) is 89.8 cm³/mol. The molecule has 21 heavy (non-hydrogen) atoms. The van der Waals surface area contributed by atoms with Crippen LogP contribution in [0.25, 0.3) is 20.8 Å². The van der Waals surface area contributed by atoms with Gasteiger partial charge in [0.15, 0.2) is 0 Å². The minimum atomic E-state index is 0.119. The van der Waals surface area contributed by atoms with E-state index in [1.54, 1.807) is 22.7 Å². The summed E-state index contributed by atoms with van der Waals surface area (Å²) in [6.45, 7) is 4.54. The zero-order chi connectivity index (χ0) is 14.6. The zero-order valence-corrected chi connectivity index (χ0v) is 13.7. The van der Waals surface area contributed by atoms with Gasteiger partial charge in [0.25, 0.3) is 0 Å². The lowest BCUT2D eigenvalue weighted by molar-refractivity contribution is 0.282. The molecule has 4 rings (SSSR count). The van der Waals surface area contributed by atoms with Gasteiger partial charge in [-0.25, -0.2) is 4.98 Å². The first-order valence-corrected chi connectivity index (χ1v) is 8.80. The van der Waals surface area contributed by atoms with Gasteiger partial charge in [0.05, 0.1) is 15.9 Å².